The van der Waals surface area contributed by atoms with Crippen LogP contribution in [0, 0.1) is 5.41 Å². The Morgan fingerprint density at radius 3 is 2.55 bits per heavy atom. The molecule has 1 atom stereocenters. The summed E-state index contributed by atoms with van der Waals surface area (Å²) >= 11 is 0. The van der Waals surface area contributed by atoms with E-state index in [0.29, 0.717) is 26.3 Å². The summed E-state index contributed by atoms with van der Waals surface area (Å²) in [7, 11) is -3.17. The second-order valence-electron chi connectivity index (χ2n) is 6.95. The number of pyridine rings is 1. The maximum Gasteiger partial charge on any atom is 0.490 e. The van der Waals surface area contributed by atoms with Crippen molar-refractivity contribution in [1.82, 2.24) is 9.29 Å². The van der Waals surface area contributed by atoms with E-state index in [1.807, 2.05) is 18.2 Å². The van der Waals surface area contributed by atoms with Gasteiger partial charge in [0.25, 0.3) is 0 Å². The third-order valence-electron chi connectivity index (χ3n) is 4.82. The van der Waals surface area contributed by atoms with Crippen LogP contribution in [-0.4, -0.2) is 80.1 Å². The number of rotatable bonds is 3. The maximum absolute atomic E-state index is 12.2. The smallest absolute Gasteiger partial charge is 0.475 e. The van der Waals surface area contributed by atoms with E-state index in [0.717, 1.165) is 25.3 Å². The molecule has 1 unspecified atom stereocenters. The molecule has 164 valence electrons. The van der Waals surface area contributed by atoms with E-state index in [-0.39, 0.29) is 11.2 Å². The molecule has 0 amide bonds. The van der Waals surface area contributed by atoms with Crippen LogP contribution in [0.15, 0.2) is 24.4 Å². The molecule has 0 radical (unpaired) electrons. The highest BCUT2D eigenvalue weighted by Crippen LogP contribution is 2.35. The van der Waals surface area contributed by atoms with Gasteiger partial charge in [0.05, 0.1) is 19.0 Å². The fraction of sp³-hybridized carbons (Fsp3) is 0.647. The molecule has 2 aliphatic heterocycles. The van der Waals surface area contributed by atoms with Crippen molar-refractivity contribution in [3.05, 3.63) is 24.4 Å². The van der Waals surface area contributed by atoms with E-state index < -0.39 is 22.2 Å². The van der Waals surface area contributed by atoms with Gasteiger partial charge in [0.15, 0.2) is 0 Å². The Morgan fingerprint density at radius 1 is 1.31 bits per heavy atom. The molecule has 29 heavy (non-hydrogen) atoms. The van der Waals surface area contributed by atoms with Crippen molar-refractivity contribution >= 4 is 21.8 Å². The SMILES string of the molecule is CCS(=O)(=O)N1CCOCC2(CCN(c3ccccn3)C2)C1.O=C(O)C(F)(F)F. The first-order valence-electron chi connectivity index (χ1n) is 9.01. The zero-order valence-electron chi connectivity index (χ0n) is 15.9. The average Bonchev–Trinajstić information content (AvgIpc) is 2.96. The highest BCUT2D eigenvalue weighted by atomic mass is 32.2. The van der Waals surface area contributed by atoms with E-state index in [2.05, 4.69) is 9.88 Å². The number of carboxylic acids is 1. The third-order valence-corrected chi connectivity index (χ3v) is 6.65. The molecule has 1 N–H and O–H groups in total. The van der Waals surface area contributed by atoms with Crippen molar-refractivity contribution < 1.29 is 36.2 Å². The predicted molar refractivity (Wildman–Crippen MR) is 99.0 cm³/mol. The van der Waals surface area contributed by atoms with Gasteiger partial charge in [-0.3, -0.25) is 0 Å². The van der Waals surface area contributed by atoms with Gasteiger partial charge in [-0.05, 0) is 25.5 Å². The number of ether oxygens (including phenoxy) is 1. The van der Waals surface area contributed by atoms with Gasteiger partial charge in [0.2, 0.25) is 10.0 Å². The van der Waals surface area contributed by atoms with Crippen LogP contribution in [0.4, 0.5) is 19.0 Å². The van der Waals surface area contributed by atoms with Crippen molar-refractivity contribution in [2.45, 2.75) is 19.5 Å². The van der Waals surface area contributed by atoms with Gasteiger partial charge in [-0.2, -0.15) is 17.5 Å². The summed E-state index contributed by atoms with van der Waals surface area (Å²) in [5, 5.41) is 7.12. The van der Waals surface area contributed by atoms with Crippen LogP contribution in [0.25, 0.3) is 0 Å². The van der Waals surface area contributed by atoms with Crippen molar-refractivity contribution in [2.75, 3.05) is 50.0 Å². The Bertz CT molecular complexity index is 791. The Kier molecular flexibility index (Phi) is 7.46. The number of sulfonamides is 1. The fourth-order valence-corrected chi connectivity index (χ4v) is 4.48. The van der Waals surface area contributed by atoms with Crippen LogP contribution in [0.2, 0.25) is 0 Å². The molecule has 3 heterocycles. The molecule has 2 aliphatic rings. The minimum absolute atomic E-state index is 0.129. The van der Waals surface area contributed by atoms with Gasteiger partial charge < -0.3 is 14.7 Å². The van der Waals surface area contributed by atoms with Gasteiger partial charge in [-0.25, -0.2) is 18.2 Å². The lowest BCUT2D eigenvalue weighted by Gasteiger charge is -2.31. The number of nitrogens with zero attached hydrogens (tertiary/aromatic N) is 3. The topological polar surface area (TPSA) is 100 Å². The first-order valence-corrected chi connectivity index (χ1v) is 10.6. The first kappa shape index (κ1) is 23.4. The second kappa shape index (κ2) is 9.26. The maximum atomic E-state index is 12.2. The van der Waals surface area contributed by atoms with Crippen molar-refractivity contribution in [3.63, 3.8) is 0 Å². The number of aliphatic carboxylic acids is 1. The molecular formula is C17H24F3N3O5S. The number of carbonyl (C=O) groups is 1. The summed E-state index contributed by atoms with van der Waals surface area (Å²) in [6.45, 7) is 5.48. The van der Waals surface area contributed by atoms with E-state index >= 15 is 0 Å². The lowest BCUT2D eigenvalue weighted by atomic mass is 9.88. The molecule has 0 bridgehead atoms. The van der Waals surface area contributed by atoms with Crippen LogP contribution >= 0.6 is 0 Å². The van der Waals surface area contributed by atoms with Gasteiger partial charge in [0, 0.05) is 37.8 Å². The molecule has 1 aromatic rings. The van der Waals surface area contributed by atoms with E-state index in [1.54, 1.807) is 17.4 Å². The van der Waals surface area contributed by atoms with Crippen molar-refractivity contribution in [1.29, 1.82) is 0 Å². The van der Waals surface area contributed by atoms with Crippen LogP contribution < -0.4 is 4.90 Å². The van der Waals surface area contributed by atoms with Crippen LogP contribution in [0.1, 0.15) is 13.3 Å². The molecule has 1 spiro atoms. The zero-order valence-corrected chi connectivity index (χ0v) is 16.7. The van der Waals surface area contributed by atoms with Crippen molar-refractivity contribution in [3.8, 4) is 0 Å². The quantitative estimate of drug-likeness (QED) is 0.764. The van der Waals surface area contributed by atoms with Gasteiger partial charge in [-0.15, -0.1) is 0 Å². The van der Waals surface area contributed by atoms with Gasteiger partial charge >= 0.3 is 12.1 Å². The zero-order chi connectivity index (χ0) is 21.7. The predicted octanol–water partition coefficient (Wildman–Crippen LogP) is 1.59. The summed E-state index contributed by atoms with van der Waals surface area (Å²) in [6, 6.07) is 5.88. The lowest BCUT2D eigenvalue weighted by Crippen LogP contribution is -2.43. The normalized spacial score (nSPS) is 23.4. The molecule has 8 nitrogen and oxygen atoms in total. The summed E-state index contributed by atoms with van der Waals surface area (Å²) in [5.74, 6) is -1.66. The minimum atomic E-state index is -5.08. The monoisotopic (exact) mass is 439 g/mol. The molecule has 2 fully saturated rings. The number of carboxylic acid groups (broad SMARTS) is 1. The second-order valence-corrected chi connectivity index (χ2v) is 9.21. The van der Waals surface area contributed by atoms with E-state index in [9.17, 15) is 21.6 Å². The molecule has 0 aromatic carbocycles. The number of hydrogen-bond acceptors (Lipinski definition) is 6. The van der Waals surface area contributed by atoms with Gasteiger partial charge in [0.1, 0.15) is 5.82 Å². The highest BCUT2D eigenvalue weighted by Gasteiger charge is 2.43. The molecular weight excluding hydrogens is 415 g/mol. The summed E-state index contributed by atoms with van der Waals surface area (Å²) in [4.78, 5) is 15.5. The lowest BCUT2D eigenvalue weighted by molar-refractivity contribution is -0.192. The standard InChI is InChI=1S/C15H23N3O3S.C2HF3O2/c1-2-22(19,20)18-9-10-21-13-15(12-18)6-8-17(11-15)14-5-3-4-7-16-14;3-2(4,5)1(6)7/h3-5,7H,2,6,8-13H2,1H3;(H,6,7). The number of anilines is 1. The van der Waals surface area contributed by atoms with E-state index in [1.165, 1.54) is 0 Å². The Balaban J connectivity index is 0.000000370. The third kappa shape index (κ3) is 6.28. The molecule has 2 saturated heterocycles. The number of aromatic nitrogens is 1. The molecule has 1 aromatic heterocycles. The summed E-state index contributed by atoms with van der Waals surface area (Å²) in [5.41, 5.74) is -0.129. The van der Waals surface area contributed by atoms with Crippen molar-refractivity contribution in [2.24, 2.45) is 5.41 Å². The first-order chi connectivity index (χ1) is 13.5. The van der Waals surface area contributed by atoms with Crippen LogP contribution in [0.3, 0.4) is 0 Å². The summed E-state index contributed by atoms with van der Waals surface area (Å²) in [6.07, 6.45) is -2.36. The Labute approximate surface area is 167 Å². The van der Waals surface area contributed by atoms with E-state index in [4.69, 9.17) is 14.6 Å². The number of halogens is 3. The average molecular weight is 439 g/mol. The molecule has 12 heteroatoms. The Morgan fingerprint density at radius 2 is 2.00 bits per heavy atom. The number of alkyl halides is 3. The molecule has 0 aliphatic carbocycles. The van der Waals surface area contributed by atoms with Gasteiger partial charge in [-0.1, -0.05) is 6.07 Å². The van der Waals surface area contributed by atoms with Crippen LogP contribution in [0.5, 0.6) is 0 Å². The van der Waals surface area contributed by atoms with Crippen LogP contribution in [-0.2, 0) is 19.6 Å². The largest absolute Gasteiger partial charge is 0.490 e. The molecule has 0 saturated carbocycles. The minimum Gasteiger partial charge on any atom is -0.475 e. The summed E-state index contributed by atoms with van der Waals surface area (Å²) < 4.78 is 63.6. The fourth-order valence-electron chi connectivity index (χ4n) is 3.29. The molecule has 3 rings (SSSR count). The highest BCUT2D eigenvalue weighted by molar-refractivity contribution is 7.89. The number of hydrogen-bond donors (Lipinski definition) is 1. The Hall–Kier alpha value is -1.92.